The van der Waals surface area contributed by atoms with E-state index in [1.165, 1.54) is 17.0 Å². The lowest BCUT2D eigenvalue weighted by Crippen LogP contribution is -2.48. The molecule has 0 spiro atoms. The molecular formula is C14H15ClF2N2O3. The molecule has 8 heteroatoms. The molecule has 1 aromatic rings. The number of morpholine rings is 1. The maximum absolute atomic E-state index is 12.8. The summed E-state index contributed by atoms with van der Waals surface area (Å²) in [5.74, 6) is -0.916. The molecule has 0 aliphatic carbocycles. The molecule has 0 atom stereocenters. The Morgan fingerprint density at radius 3 is 2.86 bits per heavy atom. The second-order valence-corrected chi connectivity index (χ2v) is 5.18. The number of rotatable bonds is 5. The highest BCUT2D eigenvalue weighted by molar-refractivity contribution is 6.30. The molecule has 0 bridgehead atoms. The molecule has 2 amide bonds. The number of hydrogen-bond donors (Lipinski definition) is 0. The number of benzene rings is 1. The van der Waals surface area contributed by atoms with Gasteiger partial charge in [-0.2, -0.15) is 0 Å². The average Bonchev–Trinajstić information content (AvgIpc) is 2.47. The predicted molar refractivity (Wildman–Crippen MR) is 77.2 cm³/mol. The normalized spacial score (nSPS) is 15.3. The van der Waals surface area contributed by atoms with Crippen LogP contribution >= 0.6 is 11.6 Å². The fourth-order valence-corrected chi connectivity index (χ4v) is 2.28. The number of carbonyl (C=O) groups excluding carboxylic acids is 2. The van der Waals surface area contributed by atoms with Crippen LogP contribution in [0.1, 0.15) is 0 Å². The Balaban J connectivity index is 2.14. The third-order valence-corrected chi connectivity index (χ3v) is 3.39. The summed E-state index contributed by atoms with van der Waals surface area (Å²) in [5.41, 5.74) is 0.276. The number of nitrogens with zero attached hydrogens (tertiary/aromatic N) is 2. The van der Waals surface area contributed by atoms with E-state index in [1.54, 1.807) is 12.1 Å². The van der Waals surface area contributed by atoms with Crippen LogP contribution in [0.5, 0.6) is 0 Å². The molecule has 22 heavy (non-hydrogen) atoms. The van der Waals surface area contributed by atoms with Crippen LogP contribution in [0.4, 0.5) is 14.5 Å². The van der Waals surface area contributed by atoms with Crippen LogP contribution in [0.25, 0.3) is 0 Å². The summed E-state index contributed by atoms with van der Waals surface area (Å²) >= 11 is 5.84. The Bertz CT molecular complexity index is 557. The first kappa shape index (κ1) is 16.6. The zero-order valence-electron chi connectivity index (χ0n) is 11.7. The molecule has 0 radical (unpaired) electrons. The third kappa shape index (κ3) is 4.38. The highest BCUT2D eigenvalue weighted by atomic mass is 35.5. The quantitative estimate of drug-likeness (QED) is 0.826. The molecule has 120 valence electrons. The number of anilines is 1. The lowest BCUT2D eigenvalue weighted by molar-refractivity contribution is -0.145. The van der Waals surface area contributed by atoms with Crippen LogP contribution in [0.2, 0.25) is 5.02 Å². The van der Waals surface area contributed by atoms with Gasteiger partial charge in [-0.05, 0) is 18.2 Å². The Hall–Kier alpha value is -1.73. The van der Waals surface area contributed by atoms with Gasteiger partial charge in [0.2, 0.25) is 11.8 Å². The molecule has 1 aliphatic heterocycles. The minimum Gasteiger partial charge on any atom is -0.370 e. The van der Waals surface area contributed by atoms with Gasteiger partial charge in [-0.25, -0.2) is 8.78 Å². The van der Waals surface area contributed by atoms with Crippen molar-refractivity contribution in [1.29, 1.82) is 0 Å². The highest BCUT2D eigenvalue weighted by Gasteiger charge is 2.26. The van der Waals surface area contributed by atoms with Gasteiger partial charge in [-0.15, -0.1) is 0 Å². The lowest BCUT2D eigenvalue weighted by Gasteiger charge is -2.29. The first-order chi connectivity index (χ1) is 10.5. The Kier molecular flexibility index (Phi) is 5.68. The summed E-state index contributed by atoms with van der Waals surface area (Å²) in [6, 6.07) is 6.11. The van der Waals surface area contributed by atoms with E-state index in [0.717, 1.165) is 4.90 Å². The van der Waals surface area contributed by atoms with E-state index in [-0.39, 0.29) is 31.3 Å². The lowest BCUT2D eigenvalue weighted by atomic mass is 10.2. The van der Waals surface area contributed by atoms with Crippen molar-refractivity contribution in [2.75, 3.05) is 37.7 Å². The molecular weight excluding hydrogens is 318 g/mol. The first-order valence-electron chi connectivity index (χ1n) is 6.67. The molecule has 0 N–H and O–H groups in total. The standard InChI is InChI=1S/C14H15ClF2N2O3/c15-10-2-1-3-11(6-10)19(7-12(16)17)13(20)8-18-4-5-22-9-14(18)21/h1-3,6,12H,4-5,7-9H2. The molecule has 5 nitrogen and oxygen atoms in total. The van der Waals surface area contributed by atoms with E-state index in [9.17, 15) is 18.4 Å². The van der Waals surface area contributed by atoms with Gasteiger partial charge < -0.3 is 14.5 Å². The van der Waals surface area contributed by atoms with Crippen LogP contribution in [-0.4, -0.2) is 56.0 Å². The van der Waals surface area contributed by atoms with Crippen LogP contribution in [-0.2, 0) is 14.3 Å². The minimum absolute atomic E-state index is 0.0979. The van der Waals surface area contributed by atoms with E-state index >= 15 is 0 Å². The molecule has 0 saturated carbocycles. The van der Waals surface area contributed by atoms with Crippen LogP contribution in [0.3, 0.4) is 0 Å². The van der Waals surface area contributed by atoms with Gasteiger partial charge >= 0.3 is 0 Å². The van der Waals surface area contributed by atoms with E-state index in [1.807, 2.05) is 0 Å². The molecule has 0 aromatic heterocycles. The zero-order valence-corrected chi connectivity index (χ0v) is 12.4. The second-order valence-electron chi connectivity index (χ2n) is 4.74. The van der Waals surface area contributed by atoms with Crippen molar-refractivity contribution in [1.82, 2.24) is 4.90 Å². The molecule has 0 unspecified atom stereocenters. The molecule has 1 aliphatic rings. The number of hydrogen-bond acceptors (Lipinski definition) is 3. The van der Waals surface area contributed by atoms with Gasteiger partial charge in [-0.1, -0.05) is 17.7 Å². The fraction of sp³-hybridized carbons (Fsp3) is 0.429. The molecule has 1 saturated heterocycles. The highest BCUT2D eigenvalue weighted by Crippen LogP contribution is 2.21. The van der Waals surface area contributed by atoms with Gasteiger partial charge in [-0.3, -0.25) is 9.59 Å². The number of alkyl halides is 2. The monoisotopic (exact) mass is 332 g/mol. The maximum Gasteiger partial charge on any atom is 0.256 e. The summed E-state index contributed by atoms with van der Waals surface area (Å²) in [5, 5.41) is 0.340. The van der Waals surface area contributed by atoms with Gasteiger partial charge in [0.15, 0.2) is 0 Å². The topological polar surface area (TPSA) is 49.9 Å². The third-order valence-electron chi connectivity index (χ3n) is 3.15. The van der Waals surface area contributed by atoms with Crippen molar-refractivity contribution in [2.45, 2.75) is 6.43 Å². The maximum atomic E-state index is 12.8. The molecule has 2 rings (SSSR count). The summed E-state index contributed by atoms with van der Waals surface area (Å²) in [6.45, 7) is -0.522. The predicted octanol–water partition coefficient (Wildman–Crippen LogP) is 1.80. The van der Waals surface area contributed by atoms with Crippen molar-refractivity contribution < 1.29 is 23.1 Å². The largest absolute Gasteiger partial charge is 0.370 e. The average molecular weight is 333 g/mol. The van der Waals surface area contributed by atoms with Crippen LogP contribution in [0.15, 0.2) is 24.3 Å². The van der Waals surface area contributed by atoms with E-state index in [4.69, 9.17) is 16.3 Å². The van der Waals surface area contributed by atoms with Crippen molar-refractivity contribution in [3.05, 3.63) is 29.3 Å². The smallest absolute Gasteiger partial charge is 0.256 e. The zero-order chi connectivity index (χ0) is 16.1. The first-order valence-corrected chi connectivity index (χ1v) is 7.05. The van der Waals surface area contributed by atoms with Crippen LogP contribution in [0, 0.1) is 0 Å². The number of carbonyl (C=O) groups is 2. The van der Waals surface area contributed by atoms with Gasteiger partial charge in [0, 0.05) is 17.3 Å². The molecule has 1 heterocycles. The number of halogens is 3. The van der Waals surface area contributed by atoms with E-state index < -0.39 is 18.9 Å². The second kappa shape index (κ2) is 7.51. The van der Waals surface area contributed by atoms with Crippen molar-refractivity contribution in [3.63, 3.8) is 0 Å². The summed E-state index contributed by atoms with van der Waals surface area (Å²) in [6.07, 6.45) is -2.69. The fourth-order valence-electron chi connectivity index (χ4n) is 2.10. The molecule has 1 fully saturated rings. The van der Waals surface area contributed by atoms with Crippen molar-refractivity contribution in [3.8, 4) is 0 Å². The SMILES string of the molecule is O=C1COCCN1CC(=O)N(CC(F)F)c1cccc(Cl)c1. The van der Waals surface area contributed by atoms with Gasteiger partial charge in [0.25, 0.3) is 6.43 Å². The van der Waals surface area contributed by atoms with E-state index in [0.29, 0.717) is 11.6 Å². The van der Waals surface area contributed by atoms with Gasteiger partial charge in [0.1, 0.15) is 13.2 Å². The number of amides is 2. The van der Waals surface area contributed by atoms with Crippen LogP contribution < -0.4 is 4.90 Å². The summed E-state index contributed by atoms with van der Waals surface area (Å²) in [7, 11) is 0. The van der Waals surface area contributed by atoms with Crippen molar-refractivity contribution in [2.24, 2.45) is 0 Å². The Morgan fingerprint density at radius 1 is 1.45 bits per heavy atom. The van der Waals surface area contributed by atoms with Crippen molar-refractivity contribution >= 4 is 29.1 Å². The van der Waals surface area contributed by atoms with E-state index in [2.05, 4.69) is 0 Å². The summed E-state index contributed by atoms with van der Waals surface area (Å²) < 4.78 is 30.5. The number of ether oxygens (including phenoxy) is 1. The summed E-state index contributed by atoms with van der Waals surface area (Å²) in [4.78, 5) is 26.2. The Labute approximate surface area is 131 Å². The Morgan fingerprint density at radius 2 is 2.23 bits per heavy atom. The molecule has 1 aromatic carbocycles. The minimum atomic E-state index is -2.69. The van der Waals surface area contributed by atoms with Gasteiger partial charge in [0.05, 0.1) is 13.2 Å².